The van der Waals surface area contributed by atoms with Gasteiger partial charge in [0.25, 0.3) is 0 Å². The van der Waals surface area contributed by atoms with E-state index in [4.69, 9.17) is 0 Å². The number of rotatable bonds is 5. The maximum atomic E-state index is 4.66. The highest BCUT2D eigenvalue weighted by Crippen LogP contribution is 2.29. The van der Waals surface area contributed by atoms with E-state index in [1.165, 1.54) is 11.3 Å². The van der Waals surface area contributed by atoms with E-state index >= 15 is 0 Å². The second-order valence-corrected chi connectivity index (χ2v) is 7.50. The van der Waals surface area contributed by atoms with E-state index in [1.807, 2.05) is 33.7 Å². The summed E-state index contributed by atoms with van der Waals surface area (Å²) < 4.78 is 3.68. The molecule has 4 heterocycles. The van der Waals surface area contributed by atoms with Gasteiger partial charge in [0, 0.05) is 30.2 Å². The van der Waals surface area contributed by atoms with Gasteiger partial charge in [-0.15, -0.1) is 15.3 Å². The highest BCUT2D eigenvalue weighted by atomic mass is 32.1. The average Bonchev–Trinajstić information content (AvgIpc) is 3.43. The number of hydrogen-bond donors (Lipinski definition) is 1. The van der Waals surface area contributed by atoms with E-state index in [2.05, 4.69) is 62.7 Å². The summed E-state index contributed by atoms with van der Waals surface area (Å²) in [5.41, 5.74) is 3.04. The first kappa shape index (κ1) is 16.8. The van der Waals surface area contributed by atoms with Gasteiger partial charge in [-0.2, -0.15) is 9.61 Å². The van der Waals surface area contributed by atoms with Crippen molar-refractivity contribution in [1.29, 1.82) is 0 Å². The molecule has 1 atom stereocenters. The molecule has 0 fully saturated rings. The first-order valence-corrected chi connectivity index (χ1v) is 9.89. The molecule has 1 aromatic carbocycles. The molecule has 0 saturated carbocycles. The van der Waals surface area contributed by atoms with E-state index in [-0.39, 0.29) is 5.92 Å². The number of fused-ring (bicyclic) bond motifs is 2. The monoisotopic (exact) mass is 390 g/mol. The Balaban J connectivity index is 1.47. The first-order valence-electron chi connectivity index (χ1n) is 9.07. The van der Waals surface area contributed by atoms with Crippen LogP contribution in [0.25, 0.3) is 15.9 Å². The van der Waals surface area contributed by atoms with Gasteiger partial charge in [-0.1, -0.05) is 30.4 Å². The average molecular weight is 390 g/mol. The van der Waals surface area contributed by atoms with Gasteiger partial charge in [-0.25, -0.2) is 0 Å². The largest absolute Gasteiger partial charge is 0.327 e. The van der Waals surface area contributed by atoms with Crippen LogP contribution in [-0.2, 0) is 6.54 Å². The fourth-order valence-corrected chi connectivity index (χ4v) is 3.96. The minimum atomic E-state index is 0.0531. The highest BCUT2D eigenvalue weighted by molar-refractivity contribution is 7.20. The molecular weight excluding hydrogens is 372 g/mol. The van der Waals surface area contributed by atoms with Gasteiger partial charge in [0.05, 0.1) is 17.4 Å². The van der Waals surface area contributed by atoms with Crippen molar-refractivity contribution in [1.82, 2.24) is 34.6 Å². The van der Waals surface area contributed by atoms with Crippen molar-refractivity contribution in [2.45, 2.75) is 26.3 Å². The van der Waals surface area contributed by atoms with Gasteiger partial charge >= 0.3 is 0 Å². The number of hydrogen-bond acceptors (Lipinski definition) is 7. The Morgan fingerprint density at radius 1 is 1.21 bits per heavy atom. The smallest absolute Gasteiger partial charge is 0.236 e. The van der Waals surface area contributed by atoms with Crippen LogP contribution in [0, 0.1) is 0 Å². The van der Waals surface area contributed by atoms with Crippen molar-refractivity contribution in [3.8, 4) is 0 Å². The normalized spacial score (nSPS) is 12.6. The standard InChI is InChI=1S/C19H18N8S/c1-3-26-11-15(10-21-26)22-18-25-27-17(23-24-19(27)28-18)12(2)13-6-7-16-14(9-13)5-4-8-20-16/h4-12H,3H2,1-2H3,(H,22,25)/t12-/m1/s1. The fraction of sp³-hybridized carbons (Fsp3) is 0.211. The van der Waals surface area contributed by atoms with Gasteiger partial charge in [0.1, 0.15) is 0 Å². The first-order chi connectivity index (χ1) is 13.7. The molecule has 5 aromatic rings. The molecule has 0 aliphatic heterocycles. The topological polar surface area (TPSA) is 85.8 Å². The summed E-state index contributed by atoms with van der Waals surface area (Å²) in [5.74, 6) is 0.865. The Morgan fingerprint density at radius 2 is 2.14 bits per heavy atom. The third-order valence-electron chi connectivity index (χ3n) is 4.74. The van der Waals surface area contributed by atoms with Gasteiger partial charge in [0.15, 0.2) is 5.82 Å². The molecule has 0 amide bonds. The quantitative estimate of drug-likeness (QED) is 0.491. The predicted octanol–water partition coefficient (Wildman–Crippen LogP) is 3.85. The van der Waals surface area contributed by atoms with Crippen molar-refractivity contribution < 1.29 is 0 Å². The van der Waals surface area contributed by atoms with Crippen LogP contribution in [-0.4, -0.2) is 34.6 Å². The summed E-state index contributed by atoms with van der Waals surface area (Å²) in [7, 11) is 0. The van der Waals surface area contributed by atoms with Gasteiger partial charge < -0.3 is 5.32 Å². The second kappa shape index (κ2) is 6.68. The van der Waals surface area contributed by atoms with Crippen molar-refractivity contribution in [3.63, 3.8) is 0 Å². The zero-order valence-corrected chi connectivity index (χ0v) is 16.3. The number of aromatic nitrogens is 7. The molecule has 0 bridgehead atoms. The number of anilines is 2. The summed E-state index contributed by atoms with van der Waals surface area (Å²) in [4.78, 5) is 5.15. The van der Waals surface area contributed by atoms with Gasteiger partial charge in [-0.05, 0) is 30.7 Å². The Bertz CT molecular complexity index is 1270. The number of nitrogens with one attached hydrogen (secondary N) is 1. The van der Waals surface area contributed by atoms with Crippen molar-refractivity contribution in [3.05, 3.63) is 60.3 Å². The minimum Gasteiger partial charge on any atom is -0.327 e. The molecule has 5 rings (SSSR count). The van der Waals surface area contributed by atoms with Crippen LogP contribution in [0.15, 0.2) is 48.9 Å². The van der Waals surface area contributed by atoms with Crippen molar-refractivity contribution in [2.24, 2.45) is 0 Å². The Hall–Kier alpha value is -3.33. The molecule has 0 spiro atoms. The molecule has 0 aliphatic rings. The van der Waals surface area contributed by atoms with Gasteiger partial charge in [0.2, 0.25) is 10.1 Å². The van der Waals surface area contributed by atoms with Crippen molar-refractivity contribution >= 4 is 38.0 Å². The fourth-order valence-electron chi connectivity index (χ4n) is 3.19. The van der Waals surface area contributed by atoms with E-state index in [0.29, 0.717) is 0 Å². The van der Waals surface area contributed by atoms with Crippen LogP contribution in [0.1, 0.15) is 31.2 Å². The lowest BCUT2D eigenvalue weighted by Crippen LogP contribution is -2.04. The van der Waals surface area contributed by atoms with Crippen LogP contribution in [0.5, 0.6) is 0 Å². The zero-order chi connectivity index (χ0) is 19.1. The molecule has 28 heavy (non-hydrogen) atoms. The highest BCUT2D eigenvalue weighted by Gasteiger charge is 2.19. The van der Waals surface area contributed by atoms with E-state index < -0.39 is 0 Å². The number of pyridine rings is 1. The lowest BCUT2D eigenvalue weighted by molar-refractivity contribution is 0.660. The lowest BCUT2D eigenvalue weighted by atomic mass is 9.99. The summed E-state index contributed by atoms with van der Waals surface area (Å²) in [6.45, 7) is 5.00. The van der Waals surface area contributed by atoms with Crippen molar-refractivity contribution in [2.75, 3.05) is 5.32 Å². The number of aryl methyl sites for hydroxylation is 1. The summed E-state index contributed by atoms with van der Waals surface area (Å²) in [6, 6.07) is 10.3. The molecule has 0 saturated heterocycles. The summed E-state index contributed by atoms with van der Waals surface area (Å²) in [5, 5.41) is 22.8. The van der Waals surface area contributed by atoms with Crippen LogP contribution in [0.3, 0.4) is 0 Å². The lowest BCUT2D eigenvalue weighted by Gasteiger charge is -2.10. The second-order valence-electron chi connectivity index (χ2n) is 6.55. The zero-order valence-electron chi connectivity index (χ0n) is 15.4. The summed E-state index contributed by atoms with van der Waals surface area (Å²) >= 11 is 1.47. The van der Waals surface area contributed by atoms with E-state index in [1.54, 1.807) is 6.20 Å². The molecular formula is C19H18N8S. The predicted molar refractivity (Wildman–Crippen MR) is 109 cm³/mol. The molecule has 0 radical (unpaired) electrons. The Morgan fingerprint density at radius 3 is 3.00 bits per heavy atom. The maximum absolute atomic E-state index is 4.66. The number of nitrogens with zero attached hydrogens (tertiary/aromatic N) is 7. The van der Waals surface area contributed by atoms with E-state index in [0.717, 1.165) is 44.6 Å². The van der Waals surface area contributed by atoms with Crippen LogP contribution in [0.4, 0.5) is 10.8 Å². The summed E-state index contributed by atoms with van der Waals surface area (Å²) in [6.07, 6.45) is 5.55. The SMILES string of the molecule is CCn1cc(Nc2nn3c([C@H](C)c4ccc5ncccc5c4)nnc3s2)cn1. The Labute approximate surface area is 164 Å². The van der Waals surface area contributed by atoms with Crippen LogP contribution >= 0.6 is 11.3 Å². The van der Waals surface area contributed by atoms with Crippen LogP contribution < -0.4 is 5.32 Å². The third kappa shape index (κ3) is 2.89. The molecule has 0 unspecified atom stereocenters. The Kier molecular flexibility index (Phi) is 4.01. The molecule has 0 aliphatic carbocycles. The maximum Gasteiger partial charge on any atom is 0.236 e. The number of benzene rings is 1. The molecule has 140 valence electrons. The molecule has 1 N–H and O–H groups in total. The van der Waals surface area contributed by atoms with Gasteiger partial charge in [-0.3, -0.25) is 9.67 Å². The van der Waals surface area contributed by atoms with E-state index in [9.17, 15) is 0 Å². The third-order valence-corrected chi connectivity index (χ3v) is 5.55. The molecule has 4 aromatic heterocycles. The molecule has 8 nitrogen and oxygen atoms in total. The minimum absolute atomic E-state index is 0.0531. The van der Waals surface area contributed by atoms with Crippen LogP contribution in [0.2, 0.25) is 0 Å². The molecule has 9 heteroatoms.